The Morgan fingerprint density at radius 1 is 1.28 bits per heavy atom. The van der Waals surface area contributed by atoms with E-state index in [1.54, 1.807) is 20.0 Å². The van der Waals surface area contributed by atoms with Gasteiger partial charge in [0.2, 0.25) is 0 Å². The molecule has 0 fully saturated rings. The Morgan fingerprint density at radius 2 is 2.00 bits per heavy atom. The molecule has 2 heterocycles. The van der Waals surface area contributed by atoms with Crippen LogP contribution in [0.25, 0.3) is 22.4 Å². The summed E-state index contributed by atoms with van der Waals surface area (Å²) in [5, 5.41) is 13.3. The molecule has 2 atom stereocenters. The summed E-state index contributed by atoms with van der Waals surface area (Å²) in [6.45, 7) is 11.5. The predicted molar refractivity (Wildman–Crippen MR) is 142 cm³/mol. The Labute approximate surface area is 212 Å². The predicted octanol–water partition coefficient (Wildman–Crippen LogP) is 2.69. The van der Waals surface area contributed by atoms with Gasteiger partial charge in [-0.05, 0) is 57.1 Å². The van der Waals surface area contributed by atoms with Gasteiger partial charge < -0.3 is 24.3 Å². The number of carbonyl (C=O) groups is 1. The molecular formula is C27H39N5O4. The zero-order valence-corrected chi connectivity index (χ0v) is 22.4. The van der Waals surface area contributed by atoms with E-state index in [9.17, 15) is 14.7 Å². The van der Waals surface area contributed by atoms with E-state index in [1.165, 1.54) is 0 Å². The SMILES string of the molecule is Cc1cc(-c2nc3cc(CNC(C(=O)OCC(C)(C)C)[C@@H](C)O)ccc3n2CCN(C)C)c[nH]c1=O. The number of hydrogen-bond donors (Lipinski definition) is 3. The number of aliphatic hydroxyl groups is 1. The number of carbonyl (C=O) groups excluding carboxylic acids is 1. The molecule has 0 aliphatic heterocycles. The monoisotopic (exact) mass is 497 g/mol. The average Bonchev–Trinajstić information content (AvgIpc) is 3.15. The van der Waals surface area contributed by atoms with E-state index in [2.05, 4.69) is 19.8 Å². The number of aryl methyl sites for hydroxylation is 1. The minimum Gasteiger partial charge on any atom is -0.464 e. The fourth-order valence-electron chi connectivity index (χ4n) is 3.81. The van der Waals surface area contributed by atoms with Gasteiger partial charge in [0.1, 0.15) is 11.9 Å². The standard InChI is InChI=1S/C27H39N5O4/c1-17-12-20(15-29-25(17)34)24-30-21-13-19(8-9-22(21)32(24)11-10-31(6)7)14-28-23(18(2)33)26(35)36-16-27(3,4)5/h8-9,12-13,15,18,23,28,33H,10-11,14,16H2,1-7H3,(H,29,34)/t18-,23?/m1/s1. The third-order valence-electron chi connectivity index (χ3n) is 5.84. The zero-order valence-electron chi connectivity index (χ0n) is 22.4. The number of nitrogens with zero attached hydrogens (tertiary/aromatic N) is 3. The molecule has 196 valence electrons. The Hall–Kier alpha value is -3.01. The first kappa shape index (κ1) is 27.6. The average molecular weight is 498 g/mol. The molecule has 1 unspecified atom stereocenters. The van der Waals surface area contributed by atoms with E-state index in [4.69, 9.17) is 9.72 Å². The molecular weight excluding hydrogens is 458 g/mol. The highest BCUT2D eigenvalue weighted by Gasteiger charge is 2.26. The van der Waals surface area contributed by atoms with E-state index in [-0.39, 0.29) is 17.6 Å². The maximum absolute atomic E-state index is 12.6. The number of nitrogens with one attached hydrogen (secondary N) is 2. The van der Waals surface area contributed by atoms with Crippen LogP contribution in [0.4, 0.5) is 0 Å². The van der Waals surface area contributed by atoms with Crippen LogP contribution in [-0.2, 0) is 22.6 Å². The highest BCUT2D eigenvalue weighted by Crippen LogP contribution is 2.25. The first-order valence-electron chi connectivity index (χ1n) is 12.3. The first-order chi connectivity index (χ1) is 16.9. The van der Waals surface area contributed by atoms with Gasteiger partial charge >= 0.3 is 5.97 Å². The highest BCUT2D eigenvalue weighted by atomic mass is 16.5. The van der Waals surface area contributed by atoms with Crippen LogP contribution in [0.5, 0.6) is 0 Å². The van der Waals surface area contributed by atoms with Crippen molar-refractivity contribution < 1.29 is 14.6 Å². The number of ether oxygens (including phenoxy) is 1. The van der Waals surface area contributed by atoms with E-state index >= 15 is 0 Å². The van der Waals surface area contributed by atoms with Crippen molar-refractivity contribution in [2.24, 2.45) is 5.41 Å². The Balaban J connectivity index is 1.87. The molecule has 0 saturated carbocycles. The molecule has 3 rings (SSSR count). The minimum atomic E-state index is -0.901. The Kier molecular flexibility index (Phi) is 8.71. The molecule has 3 N–H and O–H groups in total. The number of hydrogen-bond acceptors (Lipinski definition) is 7. The number of benzene rings is 1. The number of pyridine rings is 1. The van der Waals surface area contributed by atoms with Gasteiger partial charge in [-0.3, -0.25) is 14.9 Å². The lowest BCUT2D eigenvalue weighted by Gasteiger charge is -2.23. The summed E-state index contributed by atoms with van der Waals surface area (Å²) in [5.41, 5.74) is 3.93. The third kappa shape index (κ3) is 7.02. The molecule has 9 nitrogen and oxygen atoms in total. The summed E-state index contributed by atoms with van der Waals surface area (Å²) in [6.07, 6.45) is 0.795. The van der Waals surface area contributed by atoms with Gasteiger partial charge in [0, 0.05) is 37.0 Å². The van der Waals surface area contributed by atoms with E-state index < -0.39 is 18.1 Å². The maximum atomic E-state index is 12.6. The van der Waals surface area contributed by atoms with Crippen molar-refractivity contribution >= 4 is 17.0 Å². The topological polar surface area (TPSA) is 112 Å². The second kappa shape index (κ2) is 11.4. The molecule has 0 aliphatic carbocycles. The molecule has 36 heavy (non-hydrogen) atoms. The second-order valence-electron chi connectivity index (χ2n) is 10.9. The summed E-state index contributed by atoms with van der Waals surface area (Å²) in [6, 6.07) is 7.01. The lowest BCUT2D eigenvalue weighted by atomic mass is 9.98. The molecule has 2 aromatic heterocycles. The quantitative estimate of drug-likeness (QED) is 0.369. The number of aromatic nitrogens is 3. The van der Waals surface area contributed by atoms with Crippen molar-refractivity contribution in [3.05, 3.63) is 51.9 Å². The van der Waals surface area contributed by atoms with Crippen LogP contribution in [0.3, 0.4) is 0 Å². The van der Waals surface area contributed by atoms with Crippen molar-refractivity contribution in [1.29, 1.82) is 0 Å². The van der Waals surface area contributed by atoms with Gasteiger partial charge in [-0.25, -0.2) is 4.98 Å². The van der Waals surface area contributed by atoms with Gasteiger partial charge in [0.05, 0.1) is 23.7 Å². The van der Waals surface area contributed by atoms with Gasteiger partial charge in [-0.15, -0.1) is 0 Å². The van der Waals surface area contributed by atoms with Crippen LogP contribution in [0.1, 0.15) is 38.8 Å². The number of H-pyrrole nitrogens is 1. The van der Waals surface area contributed by atoms with Gasteiger partial charge in [0.25, 0.3) is 5.56 Å². The molecule has 0 amide bonds. The second-order valence-corrected chi connectivity index (χ2v) is 10.9. The van der Waals surface area contributed by atoms with Crippen molar-refractivity contribution in [3.8, 4) is 11.4 Å². The van der Waals surface area contributed by atoms with E-state index in [0.29, 0.717) is 12.1 Å². The van der Waals surface area contributed by atoms with Crippen LogP contribution < -0.4 is 10.9 Å². The van der Waals surface area contributed by atoms with Crippen LogP contribution in [0.15, 0.2) is 35.3 Å². The maximum Gasteiger partial charge on any atom is 0.325 e. The molecule has 0 spiro atoms. The summed E-state index contributed by atoms with van der Waals surface area (Å²) in [4.78, 5) is 34.2. The first-order valence-corrected chi connectivity index (χ1v) is 12.3. The smallest absolute Gasteiger partial charge is 0.325 e. The fraction of sp³-hybridized carbons (Fsp3) is 0.519. The third-order valence-corrected chi connectivity index (χ3v) is 5.84. The van der Waals surface area contributed by atoms with Crippen LogP contribution >= 0.6 is 0 Å². The van der Waals surface area contributed by atoms with Crippen LogP contribution in [-0.4, -0.2) is 69.9 Å². The summed E-state index contributed by atoms with van der Waals surface area (Å²) < 4.78 is 7.57. The van der Waals surface area contributed by atoms with E-state index in [1.807, 2.05) is 59.1 Å². The number of aliphatic hydroxyl groups excluding tert-OH is 1. The van der Waals surface area contributed by atoms with E-state index in [0.717, 1.165) is 41.1 Å². The normalized spacial score (nSPS) is 13.8. The van der Waals surface area contributed by atoms with Gasteiger partial charge in [-0.1, -0.05) is 26.8 Å². The van der Waals surface area contributed by atoms with Gasteiger partial charge in [0.15, 0.2) is 0 Å². The molecule has 3 aromatic rings. The summed E-state index contributed by atoms with van der Waals surface area (Å²) in [5.74, 6) is 0.314. The fourth-order valence-corrected chi connectivity index (χ4v) is 3.81. The lowest BCUT2D eigenvalue weighted by molar-refractivity contribution is -0.151. The zero-order chi connectivity index (χ0) is 26.6. The molecule has 0 saturated heterocycles. The number of esters is 1. The summed E-state index contributed by atoms with van der Waals surface area (Å²) >= 11 is 0. The number of rotatable bonds is 10. The molecule has 0 aliphatic rings. The molecule has 1 aromatic carbocycles. The highest BCUT2D eigenvalue weighted by molar-refractivity contribution is 5.81. The molecule has 0 bridgehead atoms. The van der Waals surface area contributed by atoms with Crippen molar-refractivity contribution in [2.45, 2.75) is 59.9 Å². The van der Waals surface area contributed by atoms with Crippen LogP contribution in [0.2, 0.25) is 0 Å². The summed E-state index contributed by atoms with van der Waals surface area (Å²) in [7, 11) is 4.05. The number of fused-ring (bicyclic) bond motifs is 1. The molecule has 0 radical (unpaired) electrons. The Bertz CT molecular complexity index is 1250. The Morgan fingerprint density at radius 3 is 2.61 bits per heavy atom. The van der Waals surface area contributed by atoms with Gasteiger partial charge in [-0.2, -0.15) is 0 Å². The van der Waals surface area contributed by atoms with Crippen molar-refractivity contribution in [2.75, 3.05) is 27.2 Å². The van der Waals surface area contributed by atoms with Crippen LogP contribution in [0, 0.1) is 12.3 Å². The molecule has 9 heteroatoms. The number of likely N-dealkylation sites (N-methyl/N-ethyl adjacent to an activating group) is 1. The van der Waals surface area contributed by atoms with Crippen molar-refractivity contribution in [1.82, 2.24) is 24.8 Å². The van der Waals surface area contributed by atoms with Crippen molar-refractivity contribution in [3.63, 3.8) is 0 Å². The minimum absolute atomic E-state index is 0.114. The lowest BCUT2D eigenvalue weighted by Crippen LogP contribution is -2.46. The number of aromatic amines is 1. The largest absolute Gasteiger partial charge is 0.464 e. The number of imidazole rings is 1.